The number of rotatable bonds is 10. The third-order valence-corrected chi connectivity index (χ3v) is 5.40. The Morgan fingerprint density at radius 1 is 0.769 bits per heavy atom. The van der Waals surface area contributed by atoms with Crippen LogP contribution < -0.4 is 68.6 Å². The minimum atomic E-state index is -4.26. The van der Waals surface area contributed by atoms with Crippen molar-refractivity contribution in [1.29, 1.82) is 0 Å². The molecule has 0 aliphatic heterocycles. The second-order valence-corrected chi connectivity index (χ2v) is 9.40. The molecule has 0 aliphatic carbocycles. The van der Waals surface area contributed by atoms with Crippen LogP contribution in [-0.2, 0) is 20.2 Å². The van der Waals surface area contributed by atoms with Gasteiger partial charge >= 0.3 is 59.1 Å². The van der Waals surface area contributed by atoms with E-state index < -0.39 is 31.7 Å². The van der Waals surface area contributed by atoms with Gasteiger partial charge in [-0.25, -0.2) is 16.8 Å². The Morgan fingerprint density at radius 2 is 1.08 bits per heavy atom. The molecule has 0 aliphatic rings. The van der Waals surface area contributed by atoms with E-state index >= 15 is 0 Å². The average Bonchev–Trinajstić information content (AvgIpc) is 2.41. The molecule has 0 bridgehead atoms. The van der Waals surface area contributed by atoms with Crippen molar-refractivity contribution in [2.24, 2.45) is 0 Å². The van der Waals surface area contributed by atoms with Gasteiger partial charge in [-0.2, -0.15) is 0 Å². The molecular formula is C12H14Br2Na2O8S2. The monoisotopic (exact) mass is 554 g/mol. The van der Waals surface area contributed by atoms with Gasteiger partial charge in [-0.1, -0.05) is 0 Å². The van der Waals surface area contributed by atoms with Crippen molar-refractivity contribution in [2.75, 3.05) is 24.7 Å². The molecule has 14 heteroatoms. The molecule has 0 fully saturated rings. The molecule has 0 aromatic heterocycles. The summed E-state index contributed by atoms with van der Waals surface area (Å²) in [6.45, 7) is 0.0994. The summed E-state index contributed by atoms with van der Waals surface area (Å²) in [5.74, 6) is -0.176. The summed E-state index contributed by atoms with van der Waals surface area (Å²) in [6.07, 6.45) is 0.135. The molecule has 8 nitrogen and oxygen atoms in total. The fraction of sp³-hybridized carbons (Fsp3) is 0.500. The minimum absolute atomic E-state index is 0. The summed E-state index contributed by atoms with van der Waals surface area (Å²) < 4.78 is 74.8. The second-order valence-electron chi connectivity index (χ2n) is 4.64. The smallest absolute Gasteiger partial charge is 0.748 e. The summed E-state index contributed by atoms with van der Waals surface area (Å²) in [7, 11) is -8.53. The molecule has 0 heterocycles. The van der Waals surface area contributed by atoms with E-state index in [9.17, 15) is 25.9 Å². The van der Waals surface area contributed by atoms with Crippen molar-refractivity contribution in [3.05, 3.63) is 21.1 Å². The largest absolute Gasteiger partial charge is 1.00 e. The molecule has 0 saturated carbocycles. The third kappa shape index (κ3) is 13.7. The van der Waals surface area contributed by atoms with E-state index in [4.69, 9.17) is 9.47 Å². The number of benzene rings is 1. The van der Waals surface area contributed by atoms with Crippen molar-refractivity contribution in [3.8, 4) is 11.5 Å². The van der Waals surface area contributed by atoms with E-state index in [0.717, 1.165) is 0 Å². The van der Waals surface area contributed by atoms with E-state index in [2.05, 4.69) is 31.9 Å². The molecule has 1 rings (SSSR count). The van der Waals surface area contributed by atoms with E-state index in [1.54, 1.807) is 12.1 Å². The maximum Gasteiger partial charge on any atom is 1.00 e. The molecule has 0 N–H and O–H groups in total. The molecular weight excluding hydrogens is 542 g/mol. The van der Waals surface area contributed by atoms with E-state index in [1.807, 2.05) is 0 Å². The van der Waals surface area contributed by atoms with Gasteiger partial charge in [-0.05, 0) is 56.8 Å². The molecule has 0 atom stereocenters. The van der Waals surface area contributed by atoms with Crippen LogP contribution in [0.4, 0.5) is 0 Å². The maximum atomic E-state index is 10.5. The Hall–Kier alpha value is 1.60. The van der Waals surface area contributed by atoms with Crippen molar-refractivity contribution in [1.82, 2.24) is 0 Å². The molecule has 138 valence electrons. The normalized spacial score (nSPS) is 11.2. The van der Waals surface area contributed by atoms with E-state index in [-0.39, 0.29) is 85.2 Å². The van der Waals surface area contributed by atoms with Gasteiger partial charge in [0.05, 0.1) is 42.4 Å². The van der Waals surface area contributed by atoms with Crippen LogP contribution in [0, 0.1) is 0 Å². The predicted octanol–water partition coefficient (Wildman–Crippen LogP) is -4.15. The average molecular weight is 556 g/mol. The van der Waals surface area contributed by atoms with Crippen molar-refractivity contribution < 1.29 is 94.5 Å². The second kappa shape index (κ2) is 13.8. The van der Waals surface area contributed by atoms with Gasteiger partial charge in [0.2, 0.25) is 0 Å². The van der Waals surface area contributed by atoms with Crippen molar-refractivity contribution in [2.45, 2.75) is 12.8 Å². The van der Waals surface area contributed by atoms with Crippen LogP contribution >= 0.6 is 31.9 Å². The van der Waals surface area contributed by atoms with Gasteiger partial charge in [0, 0.05) is 11.5 Å². The fourth-order valence-electron chi connectivity index (χ4n) is 1.57. The van der Waals surface area contributed by atoms with Crippen LogP contribution in [0.5, 0.6) is 11.5 Å². The number of ether oxygens (including phenoxy) is 2. The Labute approximate surface area is 214 Å². The quantitative estimate of drug-likeness (QED) is 0.161. The van der Waals surface area contributed by atoms with Crippen LogP contribution in [0.1, 0.15) is 12.8 Å². The van der Waals surface area contributed by atoms with Crippen LogP contribution in [0.2, 0.25) is 0 Å². The number of halogens is 2. The Bertz CT molecular complexity index is 706. The topological polar surface area (TPSA) is 133 Å². The van der Waals surface area contributed by atoms with Crippen molar-refractivity contribution >= 4 is 52.1 Å². The van der Waals surface area contributed by atoms with Gasteiger partial charge in [-0.3, -0.25) is 0 Å². The van der Waals surface area contributed by atoms with Gasteiger partial charge in [0.25, 0.3) is 0 Å². The first-order valence-electron chi connectivity index (χ1n) is 6.60. The standard InChI is InChI=1S/C12H16Br2O8S2.2Na/c13-9-8-12(22-4-2-6-24(18,19)20)10(14)7-11(9)21-3-1-5-23(15,16)17;;/h7-8H,1-6H2,(H,15,16,17)(H,18,19,20);;/q;2*+1/p-2. The zero-order valence-corrected chi connectivity index (χ0v) is 23.0. The third-order valence-electron chi connectivity index (χ3n) is 2.58. The molecule has 1 aromatic rings. The van der Waals surface area contributed by atoms with Gasteiger partial charge < -0.3 is 18.6 Å². The summed E-state index contributed by atoms with van der Waals surface area (Å²) in [5.41, 5.74) is 0. The van der Waals surface area contributed by atoms with Crippen LogP contribution in [0.15, 0.2) is 21.1 Å². The number of hydrogen-bond donors (Lipinski definition) is 0. The minimum Gasteiger partial charge on any atom is -0.748 e. The number of hydrogen-bond acceptors (Lipinski definition) is 8. The molecule has 1 aromatic carbocycles. The van der Waals surface area contributed by atoms with Gasteiger partial charge in [0.15, 0.2) is 0 Å². The van der Waals surface area contributed by atoms with Gasteiger partial charge in [-0.15, -0.1) is 0 Å². The van der Waals surface area contributed by atoms with Crippen LogP contribution in [-0.4, -0.2) is 50.7 Å². The molecule has 0 unspecified atom stereocenters. The summed E-state index contributed by atoms with van der Waals surface area (Å²) in [4.78, 5) is 0. The first-order chi connectivity index (χ1) is 11.0. The Morgan fingerprint density at radius 3 is 1.35 bits per heavy atom. The van der Waals surface area contributed by atoms with Crippen molar-refractivity contribution in [3.63, 3.8) is 0 Å². The summed E-state index contributed by atoms with van der Waals surface area (Å²) in [6, 6.07) is 3.16. The van der Waals surface area contributed by atoms with Gasteiger partial charge in [0.1, 0.15) is 11.5 Å². The SMILES string of the molecule is O=S(=O)([O-])CCCOc1cc(Br)c(OCCCS(=O)(=O)[O-])cc1Br.[Na+].[Na+]. The zero-order valence-electron chi connectivity index (χ0n) is 14.2. The van der Waals surface area contributed by atoms with Crippen LogP contribution in [0.25, 0.3) is 0 Å². The molecule has 0 spiro atoms. The molecule has 0 saturated heterocycles. The summed E-state index contributed by atoms with van der Waals surface area (Å²) in [5, 5.41) is 0. The first-order valence-corrected chi connectivity index (χ1v) is 11.3. The molecule has 0 amide bonds. The van der Waals surface area contributed by atoms with Crippen LogP contribution in [0.3, 0.4) is 0 Å². The van der Waals surface area contributed by atoms with E-state index in [1.165, 1.54) is 0 Å². The molecule has 0 radical (unpaired) electrons. The first kappa shape index (κ1) is 29.8. The zero-order chi connectivity index (χ0) is 18.4. The molecule has 26 heavy (non-hydrogen) atoms. The van der Waals surface area contributed by atoms with E-state index in [0.29, 0.717) is 20.4 Å². The Balaban J connectivity index is 0. The fourth-order valence-corrected chi connectivity index (χ4v) is 3.38. The summed E-state index contributed by atoms with van der Waals surface area (Å²) >= 11 is 6.52. The maximum absolute atomic E-state index is 10.5. The predicted molar refractivity (Wildman–Crippen MR) is 91.2 cm³/mol. The Kier molecular flexibility index (Phi) is 15.8.